The smallest absolute Gasteiger partial charge is 0.322 e. The minimum atomic E-state index is -0.492. The van der Waals surface area contributed by atoms with Crippen LogP contribution in [0.1, 0.15) is 5.56 Å². The Morgan fingerprint density at radius 2 is 2.12 bits per heavy atom. The van der Waals surface area contributed by atoms with Gasteiger partial charge in [0.15, 0.2) is 0 Å². The number of nitriles is 1. The predicted molar refractivity (Wildman–Crippen MR) is 61.4 cm³/mol. The summed E-state index contributed by atoms with van der Waals surface area (Å²) < 4.78 is 9.86. The highest BCUT2D eigenvalue weighted by Gasteiger charge is 2.15. The molecule has 1 atom stereocenters. The summed E-state index contributed by atoms with van der Waals surface area (Å²) in [5, 5.41) is 8.59. The van der Waals surface area contributed by atoms with Gasteiger partial charge in [-0.2, -0.15) is 5.26 Å². The van der Waals surface area contributed by atoms with Crippen molar-refractivity contribution in [3.8, 4) is 11.8 Å². The molecule has 0 fully saturated rings. The first-order valence-electron chi connectivity index (χ1n) is 4.52. The van der Waals surface area contributed by atoms with Crippen LogP contribution in [-0.4, -0.2) is 24.5 Å². The quantitative estimate of drug-likeness (QED) is 0.625. The van der Waals surface area contributed by atoms with Gasteiger partial charge < -0.3 is 9.47 Å². The molecule has 0 aliphatic rings. The van der Waals surface area contributed by atoms with Crippen molar-refractivity contribution in [1.82, 2.24) is 0 Å². The second-order valence-electron chi connectivity index (χ2n) is 2.94. The Hall–Kier alpha value is -1.54. The monoisotopic (exact) mass is 283 g/mol. The second-order valence-corrected chi connectivity index (χ2v) is 4.04. The molecule has 4 nitrogen and oxygen atoms in total. The van der Waals surface area contributed by atoms with Gasteiger partial charge in [0, 0.05) is 0 Å². The second kappa shape index (κ2) is 6.13. The van der Waals surface area contributed by atoms with Gasteiger partial charge in [-0.15, -0.1) is 0 Å². The van der Waals surface area contributed by atoms with Crippen molar-refractivity contribution in [2.45, 2.75) is 4.83 Å². The molecule has 0 saturated carbocycles. The molecule has 0 spiro atoms. The molecule has 16 heavy (non-hydrogen) atoms. The molecule has 0 N–H and O–H groups in total. The fraction of sp³-hybridized carbons (Fsp3) is 0.273. The van der Waals surface area contributed by atoms with Crippen LogP contribution in [-0.2, 0) is 9.53 Å². The first kappa shape index (κ1) is 12.5. The average molecular weight is 284 g/mol. The van der Waals surface area contributed by atoms with E-state index in [4.69, 9.17) is 10.00 Å². The topological polar surface area (TPSA) is 59.3 Å². The number of ether oxygens (including phenoxy) is 2. The fourth-order valence-corrected chi connectivity index (χ4v) is 1.31. The summed E-state index contributed by atoms with van der Waals surface area (Å²) in [6.45, 7) is 0.179. The molecule has 0 aromatic heterocycles. The zero-order valence-corrected chi connectivity index (χ0v) is 10.2. The lowest BCUT2D eigenvalue weighted by Crippen LogP contribution is -2.22. The minimum Gasteiger partial charge on any atom is -0.492 e. The van der Waals surface area contributed by atoms with E-state index in [0.29, 0.717) is 11.3 Å². The molecule has 0 aliphatic heterocycles. The van der Waals surface area contributed by atoms with Gasteiger partial charge in [0.1, 0.15) is 17.2 Å². The van der Waals surface area contributed by atoms with E-state index >= 15 is 0 Å². The van der Waals surface area contributed by atoms with Crippen LogP contribution < -0.4 is 4.74 Å². The number of rotatable bonds is 4. The van der Waals surface area contributed by atoms with Crippen molar-refractivity contribution >= 4 is 21.9 Å². The fourth-order valence-electron chi connectivity index (χ4n) is 0.991. The Morgan fingerprint density at radius 1 is 1.50 bits per heavy atom. The molecule has 84 valence electrons. The Bertz CT molecular complexity index is 397. The zero-order valence-electron chi connectivity index (χ0n) is 8.64. The van der Waals surface area contributed by atoms with Crippen LogP contribution in [0.15, 0.2) is 24.3 Å². The number of esters is 1. The summed E-state index contributed by atoms with van der Waals surface area (Å²) in [5.41, 5.74) is 0.565. The number of hydrogen-bond donors (Lipinski definition) is 0. The lowest BCUT2D eigenvalue weighted by Gasteiger charge is -2.09. The average Bonchev–Trinajstić information content (AvgIpc) is 2.35. The van der Waals surface area contributed by atoms with Gasteiger partial charge in [0.05, 0.1) is 18.7 Å². The van der Waals surface area contributed by atoms with Crippen LogP contribution in [0.2, 0.25) is 0 Å². The molecule has 0 aliphatic carbocycles. The van der Waals surface area contributed by atoms with E-state index in [9.17, 15) is 4.79 Å². The molecule has 1 aromatic rings. The van der Waals surface area contributed by atoms with Crippen molar-refractivity contribution in [3.63, 3.8) is 0 Å². The van der Waals surface area contributed by atoms with Crippen molar-refractivity contribution in [1.29, 1.82) is 5.26 Å². The summed E-state index contributed by atoms with van der Waals surface area (Å²) in [7, 11) is 1.32. The first-order valence-corrected chi connectivity index (χ1v) is 5.44. The number of hydrogen-bond acceptors (Lipinski definition) is 4. The van der Waals surface area contributed by atoms with Gasteiger partial charge >= 0.3 is 5.97 Å². The standard InChI is InChI=1S/C11H10BrNO3/c1-15-11(14)10(12)7-16-9-4-2-8(6-13)3-5-9/h2-5,10H,7H2,1H3. The van der Waals surface area contributed by atoms with Crippen LogP contribution in [0.3, 0.4) is 0 Å². The molecule has 1 unspecified atom stereocenters. The SMILES string of the molecule is COC(=O)C(Br)COc1ccc(C#N)cc1. The highest BCUT2D eigenvalue weighted by molar-refractivity contribution is 9.10. The van der Waals surface area contributed by atoms with Crippen molar-refractivity contribution in [2.24, 2.45) is 0 Å². The number of nitrogens with zero attached hydrogens (tertiary/aromatic N) is 1. The summed E-state index contributed by atoms with van der Waals surface area (Å²) >= 11 is 3.14. The molecule has 0 bridgehead atoms. The van der Waals surface area contributed by atoms with Gasteiger partial charge in [-0.1, -0.05) is 15.9 Å². The van der Waals surface area contributed by atoms with Gasteiger partial charge in [0.2, 0.25) is 0 Å². The first-order chi connectivity index (χ1) is 7.67. The Balaban J connectivity index is 2.49. The summed E-state index contributed by atoms with van der Waals surface area (Å²) in [4.78, 5) is 10.5. The molecule has 0 heterocycles. The van der Waals surface area contributed by atoms with E-state index in [1.165, 1.54) is 7.11 Å². The van der Waals surface area contributed by atoms with E-state index in [1.54, 1.807) is 24.3 Å². The third-order valence-corrected chi connectivity index (χ3v) is 2.47. The van der Waals surface area contributed by atoms with E-state index in [1.807, 2.05) is 6.07 Å². The van der Waals surface area contributed by atoms with E-state index in [-0.39, 0.29) is 12.6 Å². The van der Waals surface area contributed by atoms with Crippen molar-refractivity contribution in [3.05, 3.63) is 29.8 Å². The molecule has 1 aromatic carbocycles. The largest absolute Gasteiger partial charge is 0.492 e. The maximum atomic E-state index is 11.0. The van der Waals surface area contributed by atoms with Crippen LogP contribution in [0.25, 0.3) is 0 Å². The molecule has 0 radical (unpaired) electrons. The summed E-state index contributed by atoms with van der Waals surface area (Å²) in [6, 6.07) is 8.66. The Morgan fingerprint density at radius 3 is 2.62 bits per heavy atom. The number of carbonyl (C=O) groups excluding carboxylic acids is 1. The van der Waals surface area contributed by atoms with E-state index in [2.05, 4.69) is 20.7 Å². The third kappa shape index (κ3) is 3.55. The third-order valence-electron chi connectivity index (χ3n) is 1.84. The van der Waals surface area contributed by atoms with Crippen LogP contribution in [0.4, 0.5) is 0 Å². The van der Waals surface area contributed by atoms with E-state index in [0.717, 1.165) is 0 Å². The Labute approximate surface area is 102 Å². The number of methoxy groups -OCH3 is 1. The maximum absolute atomic E-state index is 11.0. The van der Waals surface area contributed by atoms with Gasteiger partial charge in [-0.25, -0.2) is 0 Å². The lowest BCUT2D eigenvalue weighted by atomic mass is 10.2. The van der Waals surface area contributed by atoms with Crippen molar-refractivity contribution in [2.75, 3.05) is 13.7 Å². The zero-order chi connectivity index (χ0) is 12.0. The molecule has 1 rings (SSSR count). The number of benzene rings is 1. The minimum absolute atomic E-state index is 0.179. The normalized spacial score (nSPS) is 11.3. The molecular weight excluding hydrogens is 274 g/mol. The van der Waals surface area contributed by atoms with Crippen LogP contribution in [0.5, 0.6) is 5.75 Å². The van der Waals surface area contributed by atoms with E-state index < -0.39 is 4.83 Å². The van der Waals surface area contributed by atoms with Crippen LogP contribution in [0, 0.1) is 11.3 Å². The van der Waals surface area contributed by atoms with Gasteiger partial charge in [-0.3, -0.25) is 4.79 Å². The molecular formula is C11H10BrNO3. The lowest BCUT2D eigenvalue weighted by molar-refractivity contribution is -0.140. The summed E-state index contributed by atoms with van der Waals surface area (Å²) in [6.07, 6.45) is 0. The van der Waals surface area contributed by atoms with Crippen LogP contribution >= 0.6 is 15.9 Å². The maximum Gasteiger partial charge on any atom is 0.322 e. The highest BCUT2D eigenvalue weighted by atomic mass is 79.9. The van der Waals surface area contributed by atoms with Crippen molar-refractivity contribution < 1.29 is 14.3 Å². The number of halogens is 1. The predicted octanol–water partition coefficient (Wildman–Crippen LogP) is 1.87. The van der Waals surface area contributed by atoms with Gasteiger partial charge in [-0.05, 0) is 24.3 Å². The summed E-state index contributed by atoms with van der Waals surface area (Å²) in [5.74, 6) is 0.223. The Kier molecular flexibility index (Phi) is 4.80. The molecule has 5 heteroatoms. The number of alkyl halides is 1. The van der Waals surface area contributed by atoms with Gasteiger partial charge in [0.25, 0.3) is 0 Å². The number of carbonyl (C=O) groups is 1. The highest BCUT2D eigenvalue weighted by Crippen LogP contribution is 2.13. The molecule has 0 amide bonds. The molecule has 0 saturated heterocycles.